The standard InChI is InChI=1S/C17H19N5O2/c23-15-17(6-9-18-10-7-17)20-16(24)21(15)12-13-4-1-2-5-14(13)22-11-3-8-19-22/h1-5,8,11,18H,6-7,9-10,12H2,(H,20,24). The molecule has 0 radical (unpaired) electrons. The number of carbonyl (C=O) groups is 2. The summed E-state index contributed by atoms with van der Waals surface area (Å²) in [5, 5.41) is 10.4. The Bertz CT molecular complexity index is 765. The number of benzene rings is 1. The van der Waals surface area contributed by atoms with E-state index in [1.54, 1.807) is 10.9 Å². The fourth-order valence-corrected chi connectivity index (χ4v) is 3.46. The van der Waals surface area contributed by atoms with Crippen LogP contribution in [0.4, 0.5) is 4.79 Å². The Kier molecular flexibility index (Phi) is 3.57. The molecule has 2 aromatic rings. The molecule has 124 valence electrons. The Hall–Kier alpha value is -2.67. The van der Waals surface area contributed by atoms with Crippen molar-refractivity contribution in [2.75, 3.05) is 13.1 Å². The van der Waals surface area contributed by atoms with E-state index in [0.717, 1.165) is 24.3 Å². The average molecular weight is 325 g/mol. The second-order valence-electron chi connectivity index (χ2n) is 6.23. The minimum absolute atomic E-state index is 0.121. The Balaban J connectivity index is 1.62. The summed E-state index contributed by atoms with van der Waals surface area (Å²) in [6.07, 6.45) is 4.82. The molecule has 0 aliphatic carbocycles. The van der Waals surface area contributed by atoms with Crippen molar-refractivity contribution in [2.45, 2.75) is 24.9 Å². The molecule has 0 atom stereocenters. The number of carbonyl (C=O) groups excluding carboxylic acids is 2. The molecule has 2 N–H and O–H groups in total. The van der Waals surface area contributed by atoms with Crippen molar-refractivity contribution in [3.63, 3.8) is 0 Å². The van der Waals surface area contributed by atoms with Crippen LogP contribution in [0, 0.1) is 0 Å². The summed E-state index contributed by atoms with van der Waals surface area (Å²) in [6.45, 7) is 1.73. The molecule has 7 nitrogen and oxygen atoms in total. The van der Waals surface area contributed by atoms with E-state index in [4.69, 9.17) is 0 Å². The van der Waals surface area contributed by atoms with Gasteiger partial charge < -0.3 is 10.6 Å². The quantitative estimate of drug-likeness (QED) is 0.827. The van der Waals surface area contributed by atoms with E-state index in [-0.39, 0.29) is 18.5 Å². The first kappa shape index (κ1) is 14.9. The summed E-state index contributed by atoms with van der Waals surface area (Å²) < 4.78 is 1.74. The molecule has 1 spiro atoms. The summed E-state index contributed by atoms with van der Waals surface area (Å²) in [4.78, 5) is 26.6. The number of imide groups is 1. The second-order valence-corrected chi connectivity index (χ2v) is 6.23. The van der Waals surface area contributed by atoms with Crippen molar-refractivity contribution in [3.8, 4) is 5.69 Å². The smallest absolute Gasteiger partial charge is 0.323 e. The lowest BCUT2D eigenvalue weighted by atomic mass is 9.88. The van der Waals surface area contributed by atoms with Crippen LogP contribution in [0.25, 0.3) is 5.69 Å². The van der Waals surface area contributed by atoms with Gasteiger partial charge in [-0.15, -0.1) is 0 Å². The maximum atomic E-state index is 12.9. The highest BCUT2D eigenvalue weighted by molar-refractivity contribution is 6.07. The van der Waals surface area contributed by atoms with Crippen molar-refractivity contribution < 1.29 is 9.59 Å². The Morgan fingerprint density at radius 2 is 1.92 bits per heavy atom. The van der Waals surface area contributed by atoms with Gasteiger partial charge in [0.15, 0.2) is 0 Å². The first-order valence-corrected chi connectivity index (χ1v) is 8.12. The molecule has 24 heavy (non-hydrogen) atoms. The molecule has 1 aromatic carbocycles. The molecule has 2 aliphatic heterocycles. The van der Waals surface area contributed by atoms with E-state index >= 15 is 0 Å². The summed E-state index contributed by atoms with van der Waals surface area (Å²) in [5.41, 5.74) is 1.02. The first-order chi connectivity index (χ1) is 11.7. The normalized spacial score (nSPS) is 19.8. The first-order valence-electron chi connectivity index (χ1n) is 8.12. The zero-order valence-electron chi connectivity index (χ0n) is 13.2. The fourth-order valence-electron chi connectivity index (χ4n) is 3.46. The third-order valence-corrected chi connectivity index (χ3v) is 4.77. The average Bonchev–Trinajstić information content (AvgIpc) is 3.20. The van der Waals surface area contributed by atoms with Crippen LogP contribution in [0.15, 0.2) is 42.7 Å². The van der Waals surface area contributed by atoms with Gasteiger partial charge in [0.05, 0.1) is 12.2 Å². The van der Waals surface area contributed by atoms with Gasteiger partial charge in [-0.25, -0.2) is 9.48 Å². The third-order valence-electron chi connectivity index (χ3n) is 4.77. The zero-order valence-corrected chi connectivity index (χ0v) is 13.2. The van der Waals surface area contributed by atoms with E-state index in [0.29, 0.717) is 12.8 Å². The zero-order chi connectivity index (χ0) is 16.6. The predicted molar refractivity (Wildman–Crippen MR) is 87.5 cm³/mol. The maximum Gasteiger partial charge on any atom is 0.325 e. The van der Waals surface area contributed by atoms with Crippen LogP contribution in [0.2, 0.25) is 0 Å². The van der Waals surface area contributed by atoms with Crippen LogP contribution < -0.4 is 10.6 Å². The number of nitrogens with one attached hydrogen (secondary N) is 2. The lowest BCUT2D eigenvalue weighted by Gasteiger charge is -2.31. The fraction of sp³-hybridized carbons (Fsp3) is 0.353. The number of aromatic nitrogens is 2. The van der Waals surface area contributed by atoms with Crippen LogP contribution in [-0.2, 0) is 11.3 Å². The SMILES string of the molecule is O=C1NC2(CCNCC2)C(=O)N1Cc1ccccc1-n1cccn1. The number of amides is 3. The lowest BCUT2D eigenvalue weighted by Crippen LogP contribution is -2.53. The van der Waals surface area contributed by atoms with Gasteiger partial charge in [0.1, 0.15) is 5.54 Å². The van der Waals surface area contributed by atoms with Gasteiger partial charge >= 0.3 is 6.03 Å². The van der Waals surface area contributed by atoms with Crippen molar-refractivity contribution in [3.05, 3.63) is 48.3 Å². The number of hydrogen-bond acceptors (Lipinski definition) is 4. The molecule has 3 heterocycles. The molecule has 0 unspecified atom stereocenters. The number of para-hydroxylation sites is 1. The van der Waals surface area contributed by atoms with Gasteiger partial charge in [0.25, 0.3) is 5.91 Å². The van der Waals surface area contributed by atoms with Gasteiger partial charge in [0.2, 0.25) is 0 Å². The van der Waals surface area contributed by atoms with Crippen LogP contribution >= 0.6 is 0 Å². The highest BCUT2D eigenvalue weighted by Gasteiger charge is 2.51. The minimum Gasteiger partial charge on any atom is -0.323 e. The summed E-state index contributed by atoms with van der Waals surface area (Å²) >= 11 is 0. The number of piperidine rings is 1. The van der Waals surface area contributed by atoms with Gasteiger partial charge in [-0.1, -0.05) is 18.2 Å². The van der Waals surface area contributed by atoms with Crippen LogP contribution in [-0.4, -0.2) is 45.2 Å². The summed E-state index contributed by atoms with van der Waals surface area (Å²) in [5.74, 6) is -0.121. The lowest BCUT2D eigenvalue weighted by molar-refractivity contribution is -0.132. The monoisotopic (exact) mass is 325 g/mol. The number of rotatable bonds is 3. The molecular formula is C17H19N5O2. The van der Waals surface area contributed by atoms with Crippen molar-refractivity contribution in [2.24, 2.45) is 0 Å². The highest BCUT2D eigenvalue weighted by atomic mass is 16.2. The van der Waals surface area contributed by atoms with Crippen LogP contribution in [0.1, 0.15) is 18.4 Å². The molecule has 1 aromatic heterocycles. The summed E-state index contributed by atoms with van der Waals surface area (Å²) in [7, 11) is 0. The molecule has 4 rings (SSSR count). The largest absolute Gasteiger partial charge is 0.325 e. The Labute approximate surface area is 139 Å². The molecular weight excluding hydrogens is 306 g/mol. The van der Waals surface area contributed by atoms with Crippen molar-refractivity contribution in [1.29, 1.82) is 0 Å². The maximum absolute atomic E-state index is 12.9. The third kappa shape index (κ3) is 2.37. The molecule has 2 fully saturated rings. The molecule has 2 aliphatic rings. The number of hydrogen-bond donors (Lipinski definition) is 2. The Morgan fingerprint density at radius 3 is 2.67 bits per heavy atom. The Morgan fingerprint density at radius 1 is 1.12 bits per heavy atom. The van der Waals surface area contributed by atoms with Gasteiger partial charge in [-0.05, 0) is 43.6 Å². The van der Waals surface area contributed by atoms with E-state index in [1.165, 1.54) is 4.90 Å². The van der Waals surface area contributed by atoms with Crippen molar-refractivity contribution in [1.82, 2.24) is 25.3 Å². The van der Waals surface area contributed by atoms with E-state index in [2.05, 4.69) is 15.7 Å². The van der Waals surface area contributed by atoms with Crippen LogP contribution in [0.3, 0.4) is 0 Å². The van der Waals surface area contributed by atoms with E-state index in [1.807, 2.05) is 36.5 Å². The number of urea groups is 1. The van der Waals surface area contributed by atoms with Crippen LogP contribution in [0.5, 0.6) is 0 Å². The van der Waals surface area contributed by atoms with Crippen molar-refractivity contribution >= 4 is 11.9 Å². The van der Waals surface area contributed by atoms with Gasteiger partial charge in [-0.3, -0.25) is 9.69 Å². The molecule has 7 heteroatoms. The molecule has 0 bridgehead atoms. The highest BCUT2D eigenvalue weighted by Crippen LogP contribution is 2.28. The molecule has 3 amide bonds. The van der Waals surface area contributed by atoms with E-state index in [9.17, 15) is 9.59 Å². The summed E-state index contributed by atoms with van der Waals surface area (Å²) in [6, 6.07) is 9.21. The van der Waals surface area contributed by atoms with Gasteiger partial charge in [-0.2, -0.15) is 5.10 Å². The van der Waals surface area contributed by atoms with E-state index < -0.39 is 5.54 Å². The van der Waals surface area contributed by atoms with Gasteiger partial charge in [0, 0.05) is 12.4 Å². The topological polar surface area (TPSA) is 79.3 Å². The number of nitrogens with zero attached hydrogens (tertiary/aromatic N) is 3. The molecule has 0 saturated carbocycles. The second kappa shape index (κ2) is 5.76. The minimum atomic E-state index is -0.733. The predicted octanol–water partition coefficient (Wildman–Crippen LogP) is 1.05. The molecule has 2 saturated heterocycles.